The molecule has 5 heteroatoms. The smallest absolute Gasteiger partial charge is 0.371 e. The topological polar surface area (TPSA) is 20.3 Å². The molecule has 0 amide bonds. The van der Waals surface area contributed by atoms with Crippen molar-refractivity contribution in [2.75, 3.05) is 18.0 Å². The molecule has 110 valence electrons. The standard InChI is InChI=1S/C15H18F3NO/c1-2-3-11-6-7-19(9-11)14-5-4-12(10-20)8-13(14)15(16,17)18/h4-5,8,10-11H,2-3,6-7,9H2,1H3. The van der Waals surface area contributed by atoms with Crippen LogP contribution < -0.4 is 4.90 Å². The zero-order chi connectivity index (χ0) is 14.8. The molecule has 0 bridgehead atoms. The molecule has 1 unspecified atom stereocenters. The summed E-state index contributed by atoms with van der Waals surface area (Å²) in [5, 5.41) is 0. The van der Waals surface area contributed by atoms with Crippen molar-refractivity contribution in [3.05, 3.63) is 29.3 Å². The molecule has 1 aromatic rings. The minimum absolute atomic E-state index is 0.0605. The molecule has 0 radical (unpaired) electrons. The van der Waals surface area contributed by atoms with Crippen LogP contribution in [0.5, 0.6) is 0 Å². The van der Waals surface area contributed by atoms with E-state index in [9.17, 15) is 18.0 Å². The summed E-state index contributed by atoms with van der Waals surface area (Å²) in [6.45, 7) is 3.40. The van der Waals surface area contributed by atoms with Crippen LogP contribution in [0.3, 0.4) is 0 Å². The molecule has 0 aromatic heterocycles. The summed E-state index contributed by atoms with van der Waals surface area (Å²) < 4.78 is 39.4. The lowest BCUT2D eigenvalue weighted by Gasteiger charge is -2.23. The van der Waals surface area contributed by atoms with E-state index >= 15 is 0 Å². The van der Waals surface area contributed by atoms with Crippen LogP contribution in [0.15, 0.2) is 18.2 Å². The van der Waals surface area contributed by atoms with Crippen LogP contribution in [0.4, 0.5) is 18.9 Å². The predicted molar refractivity (Wildman–Crippen MR) is 72.1 cm³/mol. The van der Waals surface area contributed by atoms with Gasteiger partial charge in [-0.05, 0) is 37.0 Å². The number of carbonyl (C=O) groups is 1. The molecule has 2 nitrogen and oxygen atoms in total. The number of hydrogen-bond acceptors (Lipinski definition) is 2. The monoisotopic (exact) mass is 285 g/mol. The van der Waals surface area contributed by atoms with Gasteiger partial charge < -0.3 is 4.90 Å². The van der Waals surface area contributed by atoms with Crippen LogP contribution in [0.25, 0.3) is 0 Å². The molecule has 0 spiro atoms. The highest BCUT2D eigenvalue weighted by Crippen LogP contribution is 2.39. The summed E-state index contributed by atoms with van der Waals surface area (Å²) in [6.07, 6.45) is -0.959. The first kappa shape index (κ1) is 14.9. The van der Waals surface area contributed by atoms with Gasteiger partial charge in [-0.2, -0.15) is 13.2 Å². The number of halogens is 3. The van der Waals surface area contributed by atoms with Gasteiger partial charge in [-0.15, -0.1) is 0 Å². The van der Waals surface area contributed by atoms with Crippen LogP contribution in [-0.4, -0.2) is 19.4 Å². The first-order valence-corrected chi connectivity index (χ1v) is 6.87. The van der Waals surface area contributed by atoms with Gasteiger partial charge in [0, 0.05) is 24.3 Å². The summed E-state index contributed by atoms with van der Waals surface area (Å²) in [7, 11) is 0. The molecule has 0 saturated carbocycles. The van der Waals surface area contributed by atoms with Crippen molar-refractivity contribution in [1.29, 1.82) is 0 Å². The predicted octanol–water partition coefficient (Wildman–Crippen LogP) is 4.14. The molecule has 1 aromatic carbocycles. The fraction of sp³-hybridized carbons (Fsp3) is 0.533. The van der Waals surface area contributed by atoms with E-state index in [1.807, 2.05) is 0 Å². The van der Waals surface area contributed by atoms with Gasteiger partial charge in [-0.3, -0.25) is 4.79 Å². The van der Waals surface area contributed by atoms with Crippen LogP contribution in [0, 0.1) is 5.92 Å². The number of rotatable bonds is 4. The Morgan fingerprint density at radius 3 is 2.75 bits per heavy atom. The number of benzene rings is 1. The van der Waals surface area contributed by atoms with E-state index in [4.69, 9.17) is 0 Å². The molecular weight excluding hydrogens is 267 g/mol. The van der Waals surface area contributed by atoms with Gasteiger partial charge in [-0.25, -0.2) is 0 Å². The van der Waals surface area contributed by atoms with Crippen LogP contribution >= 0.6 is 0 Å². The van der Waals surface area contributed by atoms with Crippen molar-refractivity contribution in [3.8, 4) is 0 Å². The van der Waals surface area contributed by atoms with Crippen molar-refractivity contribution >= 4 is 12.0 Å². The Balaban J connectivity index is 2.30. The molecule has 2 rings (SSSR count). The molecule has 0 N–H and O–H groups in total. The molecule has 1 fully saturated rings. The van der Waals surface area contributed by atoms with Gasteiger partial charge in [0.2, 0.25) is 0 Å². The minimum Gasteiger partial charge on any atom is -0.371 e. The SMILES string of the molecule is CCCC1CCN(c2ccc(C=O)cc2C(F)(F)F)C1. The number of anilines is 1. The number of aldehydes is 1. The molecule has 0 aliphatic carbocycles. The highest BCUT2D eigenvalue weighted by molar-refractivity contribution is 5.77. The molecular formula is C15H18F3NO. The zero-order valence-corrected chi connectivity index (χ0v) is 11.4. The van der Waals surface area contributed by atoms with E-state index in [1.165, 1.54) is 12.1 Å². The number of alkyl halides is 3. The molecule has 1 aliphatic rings. The summed E-state index contributed by atoms with van der Waals surface area (Å²) in [4.78, 5) is 12.5. The van der Waals surface area contributed by atoms with E-state index in [0.717, 1.165) is 25.3 Å². The Morgan fingerprint density at radius 1 is 1.40 bits per heavy atom. The lowest BCUT2D eigenvalue weighted by molar-refractivity contribution is -0.137. The van der Waals surface area contributed by atoms with Gasteiger partial charge in [0.05, 0.1) is 5.56 Å². The average Bonchev–Trinajstić information content (AvgIpc) is 2.86. The van der Waals surface area contributed by atoms with Crippen molar-refractivity contribution < 1.29 is 18.0 Å². The largest absolute Gasteiger partial charge is 0.418 e. The normalized spacial score (nSPS) is 19.4. The van der Waals surface area contributed by atoms with E-state index in [2.05, 4.69) is 6.92 Å². The summed E-state index contributed by atoms with van der Waals surface area (Å²) >= 11 is 0. The summed E-state index contributed by atoms with van der Waals surface area (Å²) in [5.41, 5.74) is -0.452. The lowest BCUT2D eigenvalue weighted by Crippen LogP contribution is -2.23. The zero-order valence-electron chi connectivity index (χ0n) is 11.4. The van der Waals surface area contributed by atoms with E-state index in [-0.39, 0.29) is 11.3 Å². The Hall–Kier alpha value is -1.52. The lowest BCUT2D eigenvalue weighted by atomic mass is 10.0. The van der Waals surface area contributed by atoms with Gasteiger partial charge in [0.25, 0.3) is 0 Å². The molecule has 1 aliphatic heterocycles. The second kappa shape index (κ2) is 5.85. The van der Waals surface area contributed by atoms with Crippen molar-refractivity contribution in [2.24, 2.45) is 5.92 Å². The Bertz CT molecular complexity index is 484. The quantitative estimate of drug-likeness (QED) is 0.775. The van der Waals surface area contributed by atoms with Crippen LogP contribution in [0.2, 0.25) is 0 Å². The number of nitrogens with zero attached hydrogens (tertiary/aromatic N) is 1. The van der Waals surface area contributed by atoms with Crippen LogP contribution in [-0.2, 0) is 6.18 Å². The fourth-order valence-corrected chi connectivity index (χ4v) is 2.83. The Morgan fingerprint density at radius 2 is 2.15 bits per heavy atom. The third-order valence-electron chi connectivity index (χ3n) is 3.79. The van der Waals surface area contributed by atoms with E-state index < -0.39 is 11.7 Å². The number of carbonyl (C=O) groups excluding carboxylic acids is 1. The Kier molecular flexibility index (Phi) is 4.35. The van der Waals surface area contributed by atoms with Crippen LogP contribution in [0.1, 0.15) is 42.1 Å². The van der Waals surface area contributed by atoms with E-state index in [1.54, 1.807) is 4.90 Å². The second-order valence-corrected chi connectivity index (χ2v) is 5.28. The highest BCUT2D eigenvalue weighted by Gasteiger charge is 2.36. The van der Waals surface area contributed by atoms with Gasteiger partial charge in [0.15, 0.2) is 0 Å². The maximum atomic E-state index is 13.1. The molecule has 20 heavy (non-hydrogen) atoms. The van der Waals surface area contributed by atoms with Crippen molar-refractivity contribution in [1.82, 2.24) is 0 Å². The minimum atomic E-state index is -4.43. The highest BCUT2D eigenvalue weighted by atomic mass is 19.4. The third kappa shape index (κ3) is 3.14. The Labute approximate surface area is 116 Å². The van der Waals surface area contributed by atoms with Gasteiger partial charge in [-0.1, -0.05) is 13.3 Å². The maximum Gasteiger partial charge on any atom is 0.418 e. The van der Waals surface area contributed by atoms with Crippen molar-refractivity contribution in [2.45, 2.75) is 32.4 Å². The maximum absolute atomic E-state index is 13.1. The fourth-order valence-electron chi connectivity index (χ4n) is 2.83. The number of hydrogen-bond donors (Lipinski definition) is 0. The first-order chi connectivity index (χ1) is 9.45. The second-order valence-electron chi connectivity index (χ2n) is 5.28. The summed E-state index contributed by atoms with van der Waals surface area (Å²) in [5.74, 6) is 0.465. The molecule has 1 saturated heterocycles. The van der Waals surface area contributed by atoms with E-state index in [0.29, 0.717) is 25.3 Å². The summed E-state index contributed by atoms with van der Waals surface area (Å²) in [6, 6.07) is 3.81. The van der Waals surface area contributed by atoms with Gasteiger partial charge in [0.1, 0.15) is 6.29 Å². The average molecular weight is 285 g/mol. The molecule has 1 atom stereocenters. The third-order valence-corrected chi connectivity index (χ3v) is 3.79. The van der Waals surface area contributed by atoms with Gasteiger partial charge >= 0.3 is 6.18 Å². The van der Waals surface area contributed by atoms with Crippen molar-refractivity contribution in [3.63, 3.8) is 0 Å². The molecule has 1 heterocycles. The first-order valence-electron chi connectivity index (χ1n) is 6.87.